The highest BCUT2D eigenvalue weighted by atomic mass is 35.5. The second kappa shape index (κ2) is 11.8. The molecular weight excluding hydrogens is 461 g/mol. The van der Waals surface area contributed by atoms with E-state index in [0.29, 0.717) is 42.0 Å². The van der Waals surface area contributed by atoms with E-state index in [1.807, 2.05) is 49.4 Å². The molecular formula is C25H27Cl2N3O3. The Morgan fingerprint density at radius 1 is 1.18 bits per heavy atom. The number of benzene rings is 2. The first-order chi connectivity index (χ1) is 15.9. The van der Waals surface area contributed by atoms with Crippen molar-refractivity contribution in [2.24, 2.45) is 0 Å². The largest absolute Gasteiger partial charge is 0.496 e. The first-order valence-electron chi connectivity index (χ1n) is 10.6. The van der Waals surface area contributed by atoms with Crippen molar-refractivity contribution >= 4 is 35.2 Å². The average molecular weight is 488 g/mol. The number of aromatic nitrogens is 2. The highest BCUT2D eigenvalue weighted by molar-refractivity contribution is 6.41. The van der Waals surface area contributed by atoms with Crippen molar-refractivity contribution < 1.29 is 14.3 Å². The van der Waals surface area contributed by atoms with E-state index < -0.39 is 0 Å². The molecule has 2 aromatic carbocycles. The molecule has 0 aliphatic heterocycles. The number of hydrogen-bond acceptors (Lipinski definition) is 4. The number of hydrogen-bond donors (Lipinski definition) is 1. The van der Waals surface area contributed by atoms with E-state index >= 15 is 0 Å². The Morgan fingerprint density at radius 3 is 2.70 bits per heavy atom. The van der Waals surface area contributed by atoms with Crippen LogP contribution in [0.1, 0.15) is 28.8 Å². The minimum atomic E-state index is -0.177. The maximum Gasteiger partial charge on any atom is 0.244 e. The van der Waals surface area contributed by atoms with Gasteiger partial charge in [-0.2, -0.15) is 5.10 Å². The van der Waals surface area contributed by atoms with Crippen LogP contribution < -0.4 is 14.8 Å². The fourth-order valence-corrected chi connectivity index (χ4v) is 3.63. The second-order valence-electron chi connectivity index (χ2n) is 7.57. The molecule has 0 saturated heterocycles. The minimum absolute atomic E-state index is 0.177. The van der Waals surface area contributed by atoms with Crippen molar-refractivity contribution in [3.05, 3.63) is 81.1 Å². The molecule has 33 heavy (non-hydrogen) atoms. The lowest BCUT2D eigenvalue weighted by Crippen LogP contribution is -2.23. The van der Waals surface area contributed by atoms with Crippen LogP contribution in [0.15, 0.2) is 48.5 Å². The molecule has 0 radical (unpaired) electrons. The van der Waals surface area contributed by atoms with Gasteiger partial charge in [0.25, 0.3) is 0 Å². The van der Waals surface area contributed by atoms with Crippen molar-refractivity contribution in [3.63, 3.8) is 0 Å². The molecule has 1 amide bonds. The van der Waals surface area contributed by atoms with Crippen LogP contribution in [0.3, 0.4) is 0 Å². The third-order valence-corrected chi connectivity index (χ3v) is 5.89. The second-order valence-corrected chi connectivity index (χ2v) is 8.30. The molecule has 174 valence electrons. The number of nitrogens with zero attached hydrogens (tertiary/aromatic N) is 2. The normalized spacial score (nSPS) is 11.1. The number of aryl methyl sites for hydroxylation is 3. The number of carbonyl (C=O) groups excluding carboxylic acids is 1. The predicted molar refractivity (Wildman–Crippen MR) is 132 cm³/mol. The molecule has 3 aromatic rings. The van der Waals surface area contributed by atoms with Gasteiger partial charge < -0.3 is 14.8 Å². The summed E-state index contributed by atoms with van der Waals surface area (Å²) in [5.74, 6) is 1.35. The van der Waals surface area contributed by atoms with E-state index in [0.717, 1.165) is 28.2 Å². The average Bonchev–Trinajstić information content (AvgIpc) is 3.05. The molecule has 1 heterocycles. The summed E-state index contributed by atoms with van der Waals surface area (Å²) in [4.78, 5) is 12.2. The quantitative estimate of drug-likeness (QED) is 0.298. The topological polar surface area (TPSA) is 65.4 Å². The van der Waals surface area contributed by atoms with Gasteiger partial charge >= 0.3 is 0 Å². The number of rotatable bonds is 10. The fourth-order valence-electron chi connectivity index (χ4n) is 3.23. The summed E-state index contributed by atoms with van der Waals surface area (Å²) >= 11 is 12.2. The molecule has 0 saturated carbocycles. The van der Waals surface area contributed by atoms with Gasteiger partial charge in [-0.3, -0.25) is 9.48 Å². The first kappa shape index (κ1) is 24.7. The lowest BCUT2D eigenvalue weighted by Gasteiger charge is -2.11. The molecule has 6 nitrogen and oxygen atoms in total. The van der Waals surface area contributed by atoms with Crippen molar-refractivity contribution in [1.82, 2.24) is 15.1 Å². The number of methoxy groups -OCH3 is 1. The van der Waals surface area contributed by atoms with Crippen molar-refractivity contribution in [1.29, 1.82) is 0 Å². The molecule has 0 unspecified atom stereocenters. The van der Waals surface area contributed by atoms with Crippen LogP contribution in [0, 0.1) is 13.8 Å². The van der Waals surface area contributed by atoms with E-state index in [1.165, 1.54) is 6.08 Å². The molecule has 0 atom stereocenters. The number of ether oxygens (including phenoxy) is 2. The number of amides is 1. The van der Waals surface area contributed by atoms with Gasteiger partial charge in [-0.15, -0.1) is 0 Å². The SMILES string of the molecule is COc1ccc(/C=C/C(=O)NCCCn2nc(C)c(Cl)c2Cl)cc1COc1cccc(C)c1. The number of carbonyl (C=O) groups is 1. The lowest BCUT2D eigenvalue weighted by atomic mass is 10.1. The summed E-state index contributed by atoms with van der Waals surface area (Å²) in [7, 11) is 1.63. The molecule has 0 bridgehead atoms. The van der Waals surface area contributed by atoms with Gasteiger partial charge in [0.15, 0.2) is 0 Å². The molecule has 8 heteroatoms. The Bertz CT molecular complexity index is 1140. The summed E-state index contributed by atoms with van der Waals surface area (Å²) < 4.78 is 13.0. The van der Waals surface area contributed by atoms with Gasteiger partial charge in [0.1, 0.15) is 28.3 Å². The maximum absolute atomic E-state index is 12.2. The lowest BCUT2D eigenvalue weighted by molar-refractivity contribution is -0.116. The molecule has 0 aliphatic carbocycles. The maximum atomic E-state index is 12.2. The number of nitrogens with one attached hydrogen (secondary N) is 1. The van der Waals surface area contributed by atoms with Crippen molar-refractivity contribution in [3.8, 4) is 11.5 Å². The van der Waals surface area contributed by atoms with Gasteiger partial charge in [-0.25, -0.2) is 0 Å². The van der Waals surface area contributed by atoms with Crippen LogP contribution in [-0.2, 0) is 17.9 Å². The van der Waals surface area contributed by atoms with E-state index in [9.17, 15) is 4.79 Å². The van der Waals surface area contributed by atoms with Gasteiger partial charge in [0.2, 0.25) is 5.91 Å². The monoisotopic (exact) mass is 487 g/mol. The third-order valence-electron chi connectivity index (χ3n) is 4.96. The Kier molecular flexibility index (Phi) is 8.80. The first-order valence-corrected chi connectivity index (χ1v) is 11.3. The van der Waals surface area contributed by atoms with Gasteiger partial charge in [-0.1, -0.05) is 41.4 Å². The Labute approximate surface area is 204 Å². The smallest absolute Gasteiger partial charge is 0.244 e. The van der Waals surface area contributed by atoms with E-state index in [2.05, 4.69) is 10.4 Å². The highest BCUT2D eigenvalue weighted by Crippen LogP contribution is 2.25. The molecule has 1 N–H and O–H groups in total. The standard InChI is InChI=1S/C25H27Cl2N3O3/c1-17-6-4-7-21(14-17)33-16-20-15-19(8-10-22(20)32-3)9-11-23(31)28-12-5-13-30-25(27)24(26)18(2)29-30/h4,6-11,14-15H,5,12-13,16H2,1-3H3,(H,28,31)/b11-9+. The Balaban J connectivity index is 1.52. The van der Waals surface area contributed by atoms with E-state index in [1.54, 1.807) is 24.8 Å². The zero-order valence-corrected chi connectivity index (χ0v) is 20.4. The highest BCUT2D eigenvalue weighted by Gasteiger charge is 2.10. The van der Waals surface area contributed by atoms with Crippen molar-refractivity contribution in [2.45, 2.75) is 33.4 Å². The molecule has 0 aliphatic rings. The zero-order chi connectivity index (χ0) is 23.8. The molecule has 3 rings (SSSR count). The summed E-state index contributed by atoms with van der Waals surface area (Å²) in [6.45, 7) is 5.25. The Hall–Kier alpha value is -2.96. The molecule has 1 aromatic heterocycles. The summed E-state index contributed by atoms with van der Waals surface area (Å²) in [5, 5.41) is 8.01. The minimum Gasteiger partial charge on any atom is -0.496 e. The van der Waals surface area contributed by atoms with Crippen LogP contribution in [0.4, 0.5) is 0 Å². The van der Waals surface area contributed by atoms with Crippen molar-refractivity contribution in [2.75, 3.05) is 13.7 Å². The van der Waals surface area contributed by atoms with Crippen LogP contribution in [-0.4, -0.2) is 29.3 Å². The van der Waals surface area contributed by atoms with Crippen LogP contribution in [0.25, 0.3) is 6.08 Å². The summed E-state index contributed by atoms with van der Waals surface area (Å²) in [6.07, 6.45) is 3.95. The van der Waals surface area contributed by atoms with E-state index in [-0.39, 0.29) is 5.91 Å². The Morgan fingerprint density at radius 2 is 2.00 bits per heavy atom. The van der Waals surface area contributed by atoms with Gasteiger partial charge in [0, 0.05) is 24.7 Å². The van der Waals surface area contributed by atoms with Gasteiger partial charge in [-0.05, 0) is 61.7 Å². The summed E-state index contributed by atoms with van der Waals surface area (Å²) in [6, 6.07) is 13.6. The van der Waals surface area contributed by atoms with Crippen LogP contribution >= 0.6 is 23.2 Å². The van der Waals surface area contributed by atoms with Crippen LogP contribution in [0.2, 0.25) is 10.2 Å². The number of halogens is 2. The zero-order valence-electron chi connectivity index (χ0n) is 18.9. The van der Waals surface area contributed by atoms with Gasteiger partial charge in [0.05, 0.1) is 12.8 Å². The summed E-state index contributed by atoms with van der Waals surface area (Å²) in [5.41, 5.74) is 3.60. The fraction of sp³-hybridized carbons (Fsp3) is 0.280. The van der Waals surface area contributed by atoms with E-state index in [4.69, 9.17) is 32.7 Å². The molecule has 0 fully saturated rings. The molecule has 0 spiro atoms. The third kappa shape index (κ3) is 7.01. The predicted octanol–water partition coefficient (Wildman–Crippen LogP) is 5.61. The van der Waals surface area contributed by atoms with Crippen LogP contribution in [0.5, 0.6) is 11.5 Å².